The van der Waals surface area contributed by atoms with Crippen molar-refractivity contribution in [2.45, 2.75) is 79.6 Å². The summed E-state index contributed by atoms with van der Waals surface area (Å²) >= 11 is 0. The number of carbonyl (C=O) groups is 2. The van der Waals surface area contributed by atoms with E-state index in [4.69, 9.17) is 0 Å². The Labute approximate surface area is 153 Å². The molecule has 0 unspecified atom stereocenters. The summed E-state index contributed by atoms with van der Waals surface area (Å²) in [6, 6.07) is 0. The summed E-state index contributed by atoms with van der Waals surface area (Å²) in [6.45, 7) is 11.6. The minimum absolute atomic E-state index is 0.127. The molecule has 4 heteroatoms. The van der Waals surface area contributed by atoms with Gasteiger partial charge >= 0.3 is 0 Å². The van der Waals surface area contributed by atoms with Crippen molar-refractivity contribution in [3.8, 4) is 0 Å². The lowest BCUT2D eigenvalue weighted by atomic mass is 9.67. The van der Waals surface area contributed by atoms with Gasteiger partial charge in [0.2, 0.25) is 11.8 Å². The van der Waals surface area contributed by atoms with Gasteiger partial charge in [0.25, 0.3) is 0 Å². The van der Waals surface area contributed by atoms with Crippen LogP contribution in [0.5, 0.6) is 0 Å². The van der Waals surface area contributed by atoms with Gasteiger partial charge in [-0.1, -0.05) is 47.5 Å². The van der Waals surface area contributed by atoms with Crippen LogP contribution in [0.3, 0.4) is 0 Å². The van der Waals surface area contributed by atoms with E-state index in [1.165, 1.54) is 25.7 Å². The predicted octanol–water partition coefficient (Wildman–Crippen LogP) is 3.90. The van der Waals surface area contributed by atoms with Crippen molar-refractivity contribution in [3.05, 3.63) is 0 Å². The molecular formula is C21H38N2O2. The molecule has 0 aliphatic heterocycles. The highest BCUT2D eigenvalue weighted by Crippen LogP contribution is 2.41. The summed E-state index contributed by atoms with van der Waals surface area (Å²) in [5.41, 5.74) is -0.606. The van der Waals surface area contributed by atoms with Gasteiger partial charge in [0.1, 0.15) is 0 Å². The monoisotopic (exact) mass is 350 g/mol. The predicted molar refractivity (Wildman–Crippen MR) is 102 cm³/mol. The van der Waals surface area contributed by atoms with Crippen LogP contribution in [0.1, 0.15) is 79.6 Å². The van der Waals surface area contributed by atoms with Gasteiger partial charge in [0.15, 0.2) is 0 Å². The quantitative estimate of drug-likeness (QED) is 0.731. The van der Waals surface area contributed by atoms with Crippen molar-refractivity contribution in [2.24, 2.45) is 28.6 Å². The zero-order valence-electron chi connectivity index (χ0n) is 16.9. The Morgan fingerprint density at radius 3 is 1.88 bits per heavy atom. The van der Waals surface area contributed by atoms with Crippen molar-refractivity contribution < 1.29 is 9.59 Å². The topological polar surface area (TPSA) is 58.2 Å². The molecule has 4 nitrogen and oxygen atoms in total. The van der Waals surface area contributed by atoms with Crippen LogP contribution in [0.4, 0.5) is 0 Å². The lowest BCUT2D eigenvalue weighted by Crippen LogP contribution is -2.44. The summed E-state index contributed by atoms with van der Waals surface area (Å²) in [6.07, 6.45) is 8.38. The van der Waals surface area contributed by atoms with Crippen molar-refractivity contribution in [3.63, 3.8) is 0 Å². The molecule has 0 radical (unpaired) electrons. The molecule has 144 valence electrons. The highest BCUT2D eigenvalue weighted by Gasteiger charge is 2.37. The molecule has 0 saturated heterocycles. The van der Waals surface area contributed by atoms with Gasteiger partial charge < -0.3 is 10.6 Å². The largest absolute Gasteiger partial charge is 0.355 e. The molecule has 2 aliphatic rings. The number of nitrogens with one attached hydrogen (secondary N) is 2. The normalized spacial score (nSPS) is 24.7. The Kier molecular flexibility index (Phi) is 6.56. The molecule has 0 heterocycles. The van der Waals surface area contributed by atoms with E-state index in [2.05, 4.69) is 24.5 Å². The standard InChI is InChI=1S/C21H38N2O2/c1-20(2,3)18(24)22-14-17-10-16(11-17)12-21(4,5)19(25)23-13-15-8-6-7-9-15/h15-17H,6-14H2,1-5H3,(H,22,24)(H,23,25). The third kappa shape index (κ3) is 6.00. The Bertz CT molecular complexity index is 467. The maximum absolute atomic E-state index is 12.5. The van der Waals surface area contributed by atoms with E-state index in [9.17, 15) is 9.59 Å². The van der Waals surface area contributed by atoms with Gasteiger partial charge in [-0.25, -0.2) is 0 Å². The summed E-state index contributed by atoms with van der Waals surface area (Å²) in [5, 5.41) is 6.25. The van der Waals surface area contributed by atoms with Gasteiger partial charge in [0.05, 0.1) is 0 Å². The van der Waals surface area contributed by atoms with Crippen LogP contribution >= 0.6 is 0 Å². The molecule has 2 amide bonds. The van der Waals surface area contributed by atoms with Crippen molar-refractivity contribution in [1.29, 1.82) is 0 Å². The van der Waals surface area contributed by atoms with Crippen molar-refractivity contribution in [2.75, 3.05) is 13.1 Å². The van der Waals surface area contributed by atoms with E-state index in [1.807, 2.05) is 20.8 Å². The Balaban J connectivity index is 1.64. The smallest absolute Gasteiger partial charge is 0.225 e. The van der Waals surface area contributed by atoms with Crippen LogP contribution in [-0.4, -0.2) is 24.9 Å². The molecule has 2 saturated carbocycles. The molecule has 0 spiro atoms. The van der Waals surface area contributed by atoms with E-state index < -0.39 is 0 Å². The van der Waals surface area contributed by atoms with Crippen LogP contribution < -0.4 is 10.6 Å². The first-order valence-corrected chi connectivity index (χ1v) is 10.1. The van der Waals surface area contributed by atoms with Gasteiger partial charge in [-0.3, -0.25) is 9.59 Å². The molecule has 2 fully saturated rings. The zero-order chi connectivity index (χ0) is 18.7. The molecule has 0 aromatic heterocycles. The molecule has 2 rings (SSSR count). The number of amides is 2. The van der Waals surface area contributed by atoms with E-state index in [-0.39, 0.29) is 22.6 Å². The van der Waals surface area contributed by atoms with E-state index >= 15 is 0 Å². The van der Waals surface area contributed by atoms with Crippen LogP contribution in [0, 0.1) is 28.6 Å². The fraction of sp³-hybridized carbons (Fsp3) is 0.905. The summed E-state index contributed by atoms with van der Waals surface area (Å²) in [4.78, 5) is 24.5. The highest BCUT2D eigenvalue weighted by atomic mass is 16.2. The number of hydrogen-bond donors (Lipinski definition) is 2. The minimum atomic E-state index is -0.317. The van der Waals surface area contributed by atoms with Crippen LogP contribution in [0.15, 0.2) is 0 Å². The summed E-state index contributed by atoms with van der Waals surface area (Å²) in [7, 11) is 0. The number of hydrogen-bond acceptors (Lipinski definition) is 2. The second-order valence-corrected chi connectivity index (χ2v) is 10.1. The van der Waals surface area contributed by atoms with Gasteiger partial charge in [-0.15, -0.1) is 0 Å². The van der Waals surface area contributed by atoms with E-state index in [0.717, 1.165) is 32.4 Å². The molecule has 0 aromatic rings. The van der Waals surface area contributed by atoms with Gasteiger partial charge in [-0.05, 0) is 49.9 Å². The Morgan fingerprint density at radius 2 is 1.32 bits per heavy atom. The molecule has 0 bridgehead atoms. The molecule has 0 atom stereocenters. The molecule has 25 heavy (non-hydrogen) atoms. The maximum atomic E-state index is 12.5. The average Bonchev–Trinajstić information content (AvgIpc) is 2.98. The second-order valence-electron chi connectivity index (χ2n) is 10.1. The third-order valence-corrected chi connectivity index (χ3v) is 6.01. The van der Waals surface area contributed by atoms with E-state index in [1.54, 1.807) is 0 Å². The number of rotatable bonds is 7. The molecule has 2 N–H and O–H groups in total. The third-order valence-electron chi connectivity index (χ3n) is 6.01. The first-order valence-electron chi connectivity index (χ1n) is 10.1. The minimum Gasteiger partial charge on any atom is -0.355 e. The highest BCUT2D eigenvalue weighted by molar-refractivity contribution is 5.82. The fourth-order valence-electron chi connectivity index (χ4n) is 4.21. The Morgan fingerprint density at radius 1 is 0.800 bits per heavy atom. The average molecular weight is 351 g/mol. The first kappa shape index (κ1) is 20.3. The van der Waals surface area contributed by atoms with Gasteiger partial charge in [-0.2, -0.15) is 0 Å². The SMILES string of the molecule is CC(C)(C)C(=O)NCC1CC(CC(C)(C)C(=O)NCC2CCCC2)C1. The van der Waals surface area contributed by atoms with Gasteiger partial charge in [0, 0.05) is 23.9 Å². The fourth-order valence-corrected chi connectivity index (χ4v) is 4.21. The molecule has 0 aromatic carbocycles. The lowest BCUT2D eigenvalue weighted by Gasteiger charge is -2.40. The summed E-state index contributed by atoms with van der Waals surface area (Å²) < 4.78 is 0. The zero-order valence-corrected chi connectivity index (χ0v) is 16.9. The maximum Gasteiger partial charge on any atom is 0.225 e. The first-order chi connectivity index (χ1) is 11.6. The van der Waals surface area contributed by atoms with Crippen molar-refractivity contribution >= 4 is 11.8 Å². The molecular weight excluding hydrogens is 312 g/mol. The van der Waals surface area contributed by atoms with E-state index in [0.29, 0.717) is 17.8 Å². The van der Waals surface area contributed by atoms with Crippen LogP contribution in [0.2, 0.25) is 0 Å². The second kappa shape index (κ2) is 8.09. The van der Waals surface area contributed by atoms with Crippen molar-refractivity contribution in [1.82, 2.24) is 10.6 Å². The van der Waals surface area contributed by atoms with Crippen LogP contribution in [-0.2, 0) is 9.59 Å². The molecule has 2 aliphatic carbocycles. The van der Waals surface area contributed by atoms with Crippen LogP contribution in [0.25, 0.3) is 0 Å². The summed E-state index contributed by atoms with van der Waals surface area (Å²) in [5.74, 6) is 2.23. The Hall–Kier alpha value is -1.06. The lowest BCUT2D eigenvalue weighted by molar-refractivity contribution is -0.131. The number of carbonyl (C=O) groups excluding carboxylic acids is 2.